The summed E-state index contributed by atoms with van der Waals surface area (Å²) in [7, 11) is 0. The summed E-state index contributed by atoms with van der Waals surface area (Å²) in [4.78, 5) is 22.2. The van der Waals surface area contributed by atoms with Crippen molar-refractivity contribution in [2.45, 2.75) is 30.8 Å². The van der Waals surface area contributed by atoms with Crippen LogP contribution in [0.1, 0.15) is 19.2 Å². The van der Waals surface area contributed by atoms with Crippen LogP contribution in [0.15, 0.2) is 56.9 Å². The van der Waals surface area contributed by atoms with Crippen LogP contribution in [0.25, 0.3) is 22.4 Å². The molecule has 0 unspecified atom stereocenters. The minimum Gasteiger partial charge on any atom is -0.382 e. The number of hydrogen-bond acceptors (Lipinski definition) is 7. The summed E-state index contributed by atoms with van der Waals surface area (Å²) in [6.07, 6.45) is 0.695. The lowest BCUT2D eigenvalue weighted by molar-refractivity contribution is 0.140. The lowest BCUT2D eigenvalue weighted by atomic mass is 10.2. The zero-order chi connectivity index (χ0) is 22.5. The molecule has 0 radical (unpaired) electrons. The van der Waals surface area contributed by atoms with Gasteiger partial charge < -0.3 is 9.26 Å². The Hall–Kier alpha value is -2.39. The highest BCUT2D eigenvalue weighted by molar-refractivity contribution is 7.98. The zero-order valence-corrected chi connectivity index (χ0v) is 19.6. The van der Waals surface area contributed by atoms with Gasteiger partial charge in [-0.2, -0.15) is 4.98 Å². The number of benzene rings is 2. The van der Waals surface area contributed by atoms with Gasteiger partial charge in [0.05, 0.1) is 27.2 Å². The first-order valence-corrected chi connectivity index (χ1v) is 11.8. The minimum absolute atomic E-state index is 0.115. The van der Waals surface area contributed by atoms with Crippen molar-refractivity contribution in [3.05, 3.63) is 68.7 Å². The largest absolute Gasteiger partial charge is 0.382 e. The fraction of sp³-hybridized carbons (Fsp3) is 0.273. The Morgan fingerprint density at radius 2 is 2.00 bits per heavy atom. The molecule has 0 fully saturated rings. The number of thioether (sulfide) groups is 1. The first kappa shape index (κ1) is 22.8. The van der Waals surface area contributed by atoms with E-state index >= 15 is 0 Å². The van der Waals surface area contributed by atoms with Crippen LogP contribution < -0.4 is 5.56 Å². The molecule has 4 aromatic rings. The second-order valence-corrected chi connectivity index (χ2v) is 8.63. The van der Waals surface area contributed by atoms with E-state index in [0.717, 1.165) is 0 Å². The number of rotatable bonds is 9. The summed E-state index contributed by atoms with van der Waals surface area (Å²) in [5.74, 6) is 1.20. The smallest absolute Gasteiger partial charge is 0.262 e. The summed E-state index contributed by atoms with van der Waals surface area (Å²) in [5, 5.41) is 6.19. The van der Waals surface area contributed by atoms with Crippen molar-refractivity contribution in [1.29, 1.82) is 0 Å². The third-order valence-corrected chi connectivity index (χ3v) is 6.20. The van der Waals surface area contributed by atoms with Gasteiger partial charge in [-0.3, -0.25) is 9.36 Å². The van der Waals surface area contributed by atoms with Crippen molar-refractivity contribution < 1.29 is 9.26 Å². The first-order chi connectivity index (χ1) is 15.6. The molecule has 0 aliphatic heterocycles. The monoisotopic (exact) mass is 490 g/mol. The molecule has 10 heteroatoms. The summed E-state index contributed by atoms with van der Waals surface area (Å²) in [6.45, 7) is 3.63. The van der Waals surface area contributed by atoms with Gasteiger partial charge in [0.15, 0.2) is 11.0 Å². The van der Waals surface area contributed by atoms with Gasteiger partial charge in [0.1, 0.15) is 0 Å². The van der Waals surface area contributed by atoms with Gasteiger partial charge in [-0.1, -0.05) is 52.3 Å². The predicted octanol–water partition coefficient (Wildman–Crippen LogP) is 5.47. The van der Waals surface area contributed by atoms with Crippen molar-refractivity contribution in [3.8, 4) is 11.5 Å². The SMILES string of the molecule is CCOCCCn1c(SCc2noc(-c3ccccc3Cl)n2)nc2cc(Cl)ccc2c1=O. The number of hydrogen-bond donors (Lipinski definition) is 0. The van der Waals surface area contributed by atoms with Gasteiger partial charge in [0.2, 0.25) is 0 Å². The number of ether oxygens (including phenoxy) is 1. The van der Waals surface area contributed by atoms with Crippen molar-refractivity contribution in [2.75, 3.05) is 13.2 Å². The van der Waals surface area contributed by atoms with Crippen LogP contribution in [0.2, 0.25) is 10.0 Å². The van der Waals surface area contributed by atoms with Crippen LogP contribution in [0.3, 0.4) is 0 Å². The quantitative estimate of drug-likeness (QED) is 0.174. The molecule has 32 heavy (non-hydrogen) atoms. The van der Waals surface area contributed by atoms with Crippen LogP contribution in [0.4, 0.5) is 0 Å². The van der Waals surface area contributed by atoms with Crippen LogP contribution in [0, 0.1) is 0 Å². The predicted molar refractivity (Wildman–Crippen MR) is 126 cm³/mol. The highest BCUT2D eigenvalue weighted by atomic mass is 35.5. The number of aromatic nitrogens is 4. The van der Waals surface area contributed by atoms with Gasteiger partial charge in [0, 0.05) is 24.8 Å². The fourth-order valence-corrected chi connectivity index (χ4v) is 4.39. The first-order valence-electron chi connectivity index (χ1n) is 10.0. The van der Waals surface area contributed by atoms with Crippen LogP contribution in [-0.2, 0) is 17.0 Å². The molecular formula is C22H20Cl2N4O3S. The lowest BCUT2D eigenvalue weighted by Gasteiger charge is -2.12. The highest BCUT2D eigenvalue weighted by Gasteiger charge is 2.15. The van der Waals surface area contributed by atoms with E-state index in [-0.39, 0.29) is 5.56 Å². The van der Waals surface area contributed by atoms with Crippen LogP contribution >= 0.6 is 35.0 Å². The van der Waals surface area contributed by atoms with E-state index in [1.807, 2.05) is 25.1 Å². The fourth-order valence-electron chi connectivity index (χ4n) is 3.14. The Morgan fingerprint density at radius 1 is 1.16 bits per heavy atom. The van der Waals surface area contributed by atoms with Gasteiger partial charge in [-0.25, -0.2) is 4.98 Å². The van der Waals surface area contributed by atoms with Crippen LogP contribution in [-0.4, -0.2) is 32.9 Å². The van der Waals surface area contributed by atoms with Crippen molar-refractivity contribution in [2.24, 2.45) is 0 Å². The van der Waals surface area contributed by atoms with E-state index in [1.165, 1.54) is 11.8 Å². The summed E-state index contributed by atoms with van der Waals surface area (Å²) in [5.41, 5.74) is 1.11. The molecule has 7 nitrogen and oxygen atoms in total. The lowest BCUT2D eigenvalue weighted by Crippen LogP contribution is -2.24. The Labute approximate surface area is 198 Å². The molecule has 2 aromatic heterocycles. The van der Waals surface area contributed by atoms with Crippen LogP contribution in [0.5, 0.6) is 0 Å². The van der Waals surface area contributed by atoms with Crippen molar-refractivity contribution in [1.82, 2.24) is 19.7 Å². The average Bonchev–Trinajstić information content (AvgIpc) is 3.25. The van der Waals surface area contributed by atoms with Gasteiger partial charge in [-0.05, 0) is 43.7 Å². The zero-order valence-electron chi connectivity index (χ0n) is 17.3. The van der Waals surface area contributed by atoms with E-state index in [2.05, 4.69) is 15.1 Å². The molecule has 0 N–H and O–H groups in total. The molecule has 0 spiro atoms. The maximum atomic E-state index is 13.1. The Bertz CT molecular complexity index is 1290. The molecule has 4 rings (SSSR count). The molecule has 0 saturated heterocycles. The maximum Gasteiger partial charge on any atom is 0.262 e. The Kier molecular flexibility index (Phi) is 7.47. The van der Waals surface area contributed by atoms with Crippen molar-refractivity contribution >= 4 is 45.9 Å². The molecule has 166 valence electrons. The molecular weight excluding hydrogens is 471 g/mol. The van der Waals surface area contributed by atoms with Gasteiger partial charge in [0.25, 0.3) is 11.4 Å². The van der Waals surface area contributed by atoms with E-state index in [9.17, 15) is 4.79 Å². The molecule has 0 amide bonds. The molecule has 0 bridgehead atoms. The standard InChI is InChI=1S/C22H20Cl2N4O3S/c1-2-30-11-5-10-28-21(29)16-9-8-14(23)12-18(16)25-22(28)32-13-19-26-20(31-27-19)15-6-3-4-7-17(15)24/h3-4,6-9,12H,2,5,10-11,13H2,1H3. The second-order valence-electron chi connectivity index (χ2n) is 6.85. The van der Waals surface area contributed by atoms with E-state index in [0.29, 0.717) is 75.3 Å². The normalized spacial score (nSPS) is 11.3. The van der Waals surface area contributed by atoms with E-state index in [1.54, 1.807) is 28.8 Å². The summed E-state index contributed by atoms with van der Waals surface area (Å²) < 4.78 is 12.5. The van der Waals surface area contributed by atoms with Gasteiger partial charge in [-0.15, -0.1) is 0 Å². The van der Waals surface area contributed by atoms with E-state index < -0.39 is 0 Å². The third-order valence-electron chi connectivity index (χ3n) is 4.66. The Morgan fingerprint density at radius 3 is 2.81 bits per heavy atom. The molecule has 2 aromatic carbocycles. The summed E-state index contributed by atoms with van der Waals surface area (Å²) >= 11 is 13.7. The van der Waals surface area contributed by atoms with E-state index in [4.69, 9.17) is 32.5 Å². The van der Waals surface area contributed by atoms with Crippen molar-refractivity contribution in [3.63, 3.8) is 0 Å². The topological polar surface area (TPSA) is 83.0 Å². The molecule has 0 aliphatic rings. The average molecular weight is 491 g/mol. The number of nitrogens with zero attached hydrogens (tertiary/aromatic N) is 4. The molecule has 0 aliphatic carbocycles. The second kappa shape index (κ2) is 10.5. The number of halogens is 2. The summed E-state index contributed by atoms with van der Waals surface area (Å²) in [6, 6.07) is 12.4. The molecule has 0 atom stereocenters. The highest BCUT2D eigenvalue weighted by Crippen LogP contribution is 2.28. The van der Waals surface area contributed by atoms with Gasteiger partial charge >= 0.3 is 0 Å². The Balaban J connectivity index is 1.60. The molecule has 0 saturated carbocycles. The minimum atomic E-state index is -0.115. The number of fused-ring (bicyclic) bond motifs is 1. The molecule has 2 heterocycles. The maximum absolute atomic E-state index is 13.1. The third kappa shape index (κ3) is 5.15.